The quantitative estimate of drug-likeness (QED) is 0.409. The second kappa shape index (κ2) is 5.33. The van der Waals surface area contributed by atoms with Crippen LogP contribution in [-0.2, 0) is 4.79 Å². The molecule has 1 nitrogen and oxygen atoms in total. The number of halogens is 1. The Morgan fingerprint density at radius 1 is 1.23 bits per heavy atom. The van der Waals surface area contributed by atoms with Gasteiger partial charge in [0, 0.05) is 5.03 Å². The molecule has 0 aliphatic heterocycles. The zero-order valence-corrected chi connectivity index (χ0v) is 7.74. The summed E-state index contributed by atoms with van der Waals surface area (Å²) in [5.74, 6) is 0. The second-order valence-electron chi connectivity index (χ2n) is 2.43. The van der Waals surface area contributed by atoms with Crippen molar-refractivity contribution in [3.8, 4) is 0 Å². The van der Waals surface area contributed by atoms with Gasteiger partial charge in [-0.05, 0) is 17.7 Å². The van der Waals surface area contributed by atoms with Crippen LogP contribution >= 0.6 is 11.6 Å². The summed E-state index contributed by atoms with van der Waals surface area (Å²) in [5.41, 5.74) is 1.06. The van der Waals surface area contributed by atoms with E-state index < -0.39 is 0 Å². The maximum absolute atomic E-state index is 10.0. The first-order chi connectivity index (χ1) is 6.33. The molecule has 0 unspecified atom stereocenters. The van der Waals surface area contributed by atoms with Crippen molar-refractivity contribution in [2.75, 3.05) is 0 Å². The van der Waals surface area contributed by atoms with Crippen LogP contribution in [0.1, 0.15) is 5.56 Å². The van der Waals surface area contributed by atoms with Crippen LogP contribution in [-0.4, -0.2) is 6.29 Å². The van der Waals surface area contributed by atoms with Crippen molar-refractivity contribution in [2.24, 2.45) is 0 Å². The van der Waals surface area contributed by atoms with Crippen molar-refractivity contribution in [3.05, 3.63) is 53.1 Å². The Hall–Kier alpha value is -1.34. The third kappa shape index (κ3) is 3.72. The Kier molecular flexibility index (Phi) is 4.00. The average molecular weight is 193 g/mol. The summed E-state index contributed by atoms with van der Waals surface area (Å²) in [7, 11) is 0. The summed E-state index contributed by atoms with van der Waals surface area (Å²) in [6.45, 7) is 0. The molecule has 0 saturated heterocycles. The van der Waals surface area contributed by atoms with Gasteiger partial charge in [0.2, 0.25) is 0 Å². The third-order valence-electron chi connectivity index (χ3n) is 1.46. The molecule has 0 radical (unpaired) electrons. The van der Waals surface area contributed by atoms with Gasteiger partial charge in [0.05, 0.1) is 0 Å². The zero-order chi connectivity index (χ0) is 9.52. The van der Waals surface area contributed by atoms with Crippen LogP contribution in [0.15, 0.2) is 47.5 Å². The van der Waals surface area contributed by atoms with Crippen LogP contribution in [0.4, 0.5) is 0 Å². The number of benzene rings is 1. The van der Waals surface area contributed by atoms with Crippen molar-refractivity contribution in [2.45, 2.75) is 0 Å². The first-order valence-corrected chi connectivity index (χ1v) is 4.25. The Morgan fingerprint density at radius 2 is 1.92 bits per heavy atom. The molecule has 2 heteroatoms. The third-order valence-corrected chi connectivity index (χ3v) is 1.71. The molecule has 13 heavy (non-hydrogen) atoms. The number of hydrogen-bond donors (Lipinski definition) is 0. The summed E-state index contributed by atoms with van der Waals surface area (Å²) in [6.07, 6.45) is 5.51. The van der Waals surface area contributed by atoms with Gasteiger partial charge in [-0.3, -0.25) is 4.79 Å². The van der Waals surface area contributed by atoms with E-state index in [1.165, 1.54) is 6.08 Å². The molecule has 0 aromatic heterocycles. The lowest BCUT2D eigenvalue weighted by Gasteiger charge is -1.89. The van der Waals surface area contributed by atoms with E-state index >= 15 is 0 Å². The van der Waals surface area contributed by atoms with E-state index in [-0.39, 0.29) is 0 Å². The molecule has 0 N–H and O–H groups in total. The Morgan fingerprint density at radius 3 is 2.54 bits per heavy atom. The van der Waals surface area contributed by atoms with Crippen LogP contribution in [0.2, 0.25) is 0 Å². The SMILES string of the molecule is O=C/C=C(Cl)\C=C\c1ccccc1. The molecule has 0 atom stereocenters. The molecule has 0 amide bonds. The molecule has 66 valence electrons. The van der Waals surface area contributed by atoms with Gasteiger partial charge < -0.3 is 0 Å². The van der Waals surface area contributed by atoms with E-state index in [4.69, 9.17) is 11.6 Å². The van der Waals surface area contributed by atoms with E-state index in [9.17, 15) is 4.79 Å². The highest BCUT2D eigenvalue weighted by molar-refractivity contribution is 6.32. The average Bonchev–Trinajstić information content (AvgIpc) is 2.17. The first kappa shape index (κ1) is 9.75. The molecule has 1 aromatic carbocycles. The Balaban J connectivity index is 2.69. The van der Waals surface area contributed by atoms with Crippen molar-refractivity contribution < 1.29 is 4.79 Å². The van der Waals surface area contributed by atoms with E-state index in [0.29, 0.717) is 11.3 Å². The maximum Gasteiger partial charge on any atom is 0.144 e. The molecule has 0 aliphatic rings. The first-order valence-electron chi connectivity index (χ1n) is 3.87. The summed E-state index contributed by atoms with van der Waals surface area (Å²) in [5, 5.41) is 0.429. The fourth-order valence-electron chi connectivity index (χ4n) is 0.861. The maximum atomic E-state index is 10.0. The number of rotatable bonds is 3. The van der Waals surface area contributed by atoms with Gasteiger partial charge in [0.15, 0.2) is 0 Å². The predicted molar refractivity (Wildman–Crippen MR) is 55.5 cm³/mol. The zero-order valence-electron chi connectivity index (χ0n) is 6.98. The van der Waals surface area contributed by atoms with Gasteiger partial charge in [0.1, 0.15) is 6.29 Å². The van der Waals surface area contributed by atoms with Gasteiger partial charge >= 0.3 is 0 Å². The fraction of sp³-hybridized carbons (Fsp3) is 0. The number of allylic oxidation sites excluding steroid dienone is 3. The molecule has 0 spiro atoms. The largest absolute Gasteiger partial charge is 0.299 e. The van der Waals surface area contributed by atoms with E-state index in [1.807, 2.05) is 36.4 Å². The minimum Gasteiger partial charge on any atom is -0.299 e. The van der Waals surface area contributed by atoms with Gasteiger partial charge in [-0.25, -0.2) is 0 Å². The Labute approximate surface area is 82.3 Å². The normalized spacial score (nSPS) is 11.9. The lowest BCUT2D eigenvalue weighted by Crippen LogP contribution is -1.69. The standard InChI is InChI=1S/C11H9ClO/c12-11(8-9-13)7-6-10-4-2-1-3-5-10/h1-9H/b7-6+,11-8+. The number of hydrogen-bond acceptors (Lipinski definition) is 1. The smallest absolute Gasteiger partial charge is 0.144 e. The summed E-state index contributed by atoms with van der Waals surface area (Å²) >= 11 is 5.67. The van der Waals surface area contributed by atoms with E-state index in [0.717, 1.165) is 5.56 Å². The van der Waals surface area contributed by atoms with Crippen LogP contribution in [0.3, 0.4) is 0 Å². The lowest BCUT2D eigenvalue weighted by atomic mass is 10.2. The number of carbonyl (C=O) groups excluding carboxylic acids is 1. The van der Waals surface area contributed by atoms with Gasteiger partial charge in [0.25, 0.3) is 0 Å². The molecule has 0 heterocycles. The minimum atomic E-state index is 0.429. The summed E-state index contributed by atoms with van der Waals surface area (Å²) in [4.78, 5) is 10.0. The van der Waals surface area contributed by atoms with Crippen molar-refractivity contribution in [1.82, 2.24) is 0 Å². The minimum absolute atomic E-state index is 0.429. The highest BCUT2D eigenvalue weighted by Gasteiger charge is 1.84. The predicted octanol–water partition coefficient (Wildman–Crippen LogP) is 3.02. The molecule has 0 saturated carbocycles. The van der Waals surface area contributed by atoms with Crippen LogP contribution in [0.5, 0.6) is 0 Å². The molecule has 1 aromatic rings. The van der Waals surface area contributed by atoms with Crippen molar-refractivity contribution in [3.63, 3.8) is 0 Å². The molecule has 0 aliphatic carbocycles. The number of carbonyl (C=O) groups is 1. The Bertz CT molecular complexity index is 325. The summed E-state index contributed by atoms with van der Waals surface area (Å²) < 4.78 is 0. The van der Waals surface area contributed by atoms with Crippen molar-refractivity contribution >= 4 is 24.0 Å². The lowest BCUT2D eigenvalue weighted by molar-refractivity contribution is -0.104. The number of aldehydes is 1. The fourth-order valence-corrected chi connectivity index (χ4v) is 0.975. The van der Waals surface area contributed by atoms with Crippen LogP contribution in [0.25, 0.3) is 6.08 Å². The molecule has 1 rings (SSSR count). The topological polar surface area (TPSA) is 17.1 Å². The molecule has 0 fully saturated rings. The highest BCUT2D eigenvalue weighted by atomic mass is 35.5. The van der Waals surface area contributed by atoms with Gasteiger partial charge in [-0.2, -0.15) is 0 Å². The van der Waals surface area contributed by atoms with Crippen molar-refractivity contribution in [1.29, 1.82) is 0 Å². The van der Waals surface area contributed by atoms with Crippen LogP contribution in [0, 0.1) is 0 Å². The molecular weight excluding hydrogens is 184 g/mol. The van der Waals surface area contributed by atoms with E-state index in [2.05, 4.69) is 0 Å². The second-order valence-corrected chi connectivity index (χ2v) is 2.87. The summed E-state index contributed by atoms with van der Waals surface area (Å²) in [6, 6.07) is 9.75. The molecular formula is C11H9ClO. The van der Waals surface area contributed by atoms with E-state index in [1.54, 1.807) is 6.08 Å². The highest BCUT2D eigenvalue weighted by Crippen LogP contribution is 2.07. The monoisotopic (exact) mass is 192 g/mol. The van der Waals surface area contributed by atoms with Gasteiger partial charge in [-0.1, -0.05) is 48.0 Å². The van der Waals surface area contributed by atoms with Crippen LogP contribution < -0.4 is 0 Å². The van der Waals surface area contributed by atoms with Gasteiger partial charge in [-0.15, -0.1) is 0 Å². The molecule has 0 bridgehead atoms.